The normalized spacial score (nSPS) is 16.2. The van der Waals surface area contributed by atoms with Crippen LogP contribution >= 0.6 is 0 Å². The third kappa shape index (κ3) is 4.76. The standard InChI is InChI=1S/C13H19N3O4S/c1-21(18,19)16(10-12-4-2-3-5-14-12)11-13(17)15-6-8-20-9-7-15/h2-5H,6-11H2,1H3. The first-order chi connectivity index (χ1) is 9.97. The topological polar surface area (TPSA) is 79.8 Å². The van der Waals surface area contributed by atoms with Crippen molar-refractivity contribution in [2.75, 3.05) is 39.1 Å². The highest BCUT2D eigenvalue weighted by molar-refractivity contribution is 7.88. The van der Waals surface area contributed by atoms with E-state index in [9.17, 15) is 13.2 Å². The molecule has 0 saturated carbocycles. The Balaban J connectivity index is 2.04. The maximum atomic E-state index is 12.2. The summed E-state index contributed by atoms with van der Waals surface area (Å²) in [4.78, 5) is 17.9. The van der Waals surface area contributed by atoms with E-state index in [1.54, 1.807) is 29.3 Å². The summed E-state index contributed by atoms with van der Waals surface area (Å²) >= 11 is 0. The summed E-state index contributed by atoms with van der Waals surface area (Å²) in [5.41, 5.74) is 0.609. The molecule has 2 heterocycles. The lowest BCUT2D eigenvalue weighted by molar-refractivity contribution is -0.135. The summed E-state index contributed by atoms with van der Waals surface area (Å²) in [5, 5.41) is 0. The highest BCUT2D eigenvalue weighted by Crippen LogP contribution is 2.08. The van der Waals surface area contributed by atoms with Gasteiger partial charge in [0.15, 0.2) is 0 Å². The van der Waals surface area contributed by atoms with Crippen LogP contribution in [0, 0.1) is 0 Å². The second-order valence-corrected chi connectivity index (χ2v) is 6.83. The lowest BCUT2D eigenvalue weighted by Gasteiger charge is -2.29. The van der Waals surface area contributed by atoms with Crippen LogP contribution in [-0.2, 0) is 26.1 Å². The monoisotopic (exact) mass is 313 g/mol. The SMILES string of the molecule is CS(=O)(=O)N(CC(=O)N1CCOCC1)Cc1ccccn1. The van der Waals surface area contributed by atoms with Crippen molar-refractivity contribution >= 4 is 15.9 Å². The Hall–Kier alpha value is -1.51. The molecule has 0 unspecified atom stereocenters. The Labute approximate surface area is 124 Å². The molecular formula is C13H19N3O4S. The predicted octanol–water partition coefficient (Wildman–Crippen LogP) is -0.298. The van der Waals surface area contributed by atoms with Crippen molar-refractivity contribution in [3.05, 3.63) is 30.1 Å². The van der Waals surface area contributed by atoms with Crippen LogP contribution in [0.2, 0.25) is 0 Å². The molecule has 1 amide bonds. The van der Waals surface area contributed by atoms with Gasteiger partial charge in [-0.25, -0.2) is 8.42 Å². The van der Waals surface area contributed by atoms with Crippen LogP contribution in [0.4, 0.5) is 0 Å². The quantitative estimate of drug-likeness (QED) is 0.746. The van der Waals surface area contributed by atoms with Crippen molar-refractivity contribution in [3.8, 4) is 0 Å². The third-order valence-electron chi connectivity index (χ3n) is 3.21. The van der Waals surface area contributed by atoms with E-state index < -0.39 is 10.0 Å². The van der Waals surface area contributed by atoms with Gasteiger partial charge in [0.2, 0.25) is 15.9 Å². The van der Waals surface area contributed by atoms with Gasteiger partial charge >= 0.3 is 0 Å². The Morgan fingerprint density at radius 2 is 2.10 bits per heavy atom. The van der Waals surface area contributed by atoms with Gasteiger partial charge in [-0.05, 0) is 12.1 Å². The molecule has 0 atom stereocenters. The van der Waals surface area contributed by atoms with Crippen molar-refractivity contribution < 1.29 is 17.9 Å². The molecule has 2 rings (SSSR count). The number of carbonyl (C=O) groups excluding carboxylic acids is 1. The first-order valence-electron chi connectivity index (χ1n) is 6.67. The lowest BCUT2D eigenvalue weighted by Crippen LogP contribution is -2.46. The fraction of sp³-hybridized carbons (Fsp3) is 0.538. The van der Waals surface area contributed by atoms with Gasteiger partial charge in [-0.2, -0.15) is 4.31 Å². The number of pyridine rings is 1. The molecule has 0 radical (unpaired) electrons. The first-order valence-corrected chi connectivity index (χ1v) is 8.52. The van der Waals surface area contributed by atoms with Gasteiger partial charge in [0.1, 0.15) is 0 Å². The van der Waals surface area contributed by atoms with E-state index in [0.717, 1.165) is 10.6 Å². The highest BCUT2D eigenvalue weighted by Gasteiger charge is 2.25. The average molecular weight is 313 g/mol. The van der Waals surface area contributed by atoms with Gasteiger partial charge < -0.3 is 9.64 Å². The Morgan fingerprint density at radius 1 is 1.38 bits per heavy atom. The number of nitrogens with zero attached hydrogens (tertiary/aromatic N) is 3. The zero-order chi connectivity index (χ0) is 15.3. The summed E-state index contributed by atoms with van der Waals surface area (Å²) in [6.07, 6.45) is 2.70. The van der Waals surface area contributed by atoms with Crippen LogP contribution in [0.5, 0.6) is 0 Å². The summed E-state index contributed by atoms with van der Waals surface area (Å²) in [6, 6.07) is 5.27. The molecule has 1 aliphatic rings. The van der Waals surface area contributed by atoms with Crippen LogP contribution in [0.15, 0.2) is 24.4 Å². The number of aromatic nitrogens is 1. The average Bonchev–Trinajstić information content (AvgIpc) is 2.47. The Bertz CT molecular complexity index is 570. The molecule has 1 aromatic rings. The van der Waals surface area contributed by atoms with Gasteiger partial charge in [-0.15, -0.1) is 0 Å². The van der Waals surface area contributed by atoms with Crippen molar-refractivity contribution in [3.63, 3.8) is 0 Å². The smallest absolute Gasteiger partial charge is 0.238 e. The molecule has 8 heteroatoms. The molecule has 1 aliphatic heterocycles. The molecule has 0 N–H and O–H groups in total. The zero-order valence-electron chi connectivity index (χ0n) is 11.9. The second kappa shape index (κ2) is 6.97. The maximum absolute atomic E-state index is 12.2. The van der Waals surface area contributed by atoms with Gasteiger partial charge in [-0.1, -0.05) is 6.07 Å². The largest absolute Gasteiger partial charge is 0.378 e. The maximum Gasteiger partial charge on any atom is 0.238 e. The zero-order valence-corrected chi connectivity index (χ0v) is 12.8. The minimum atomic E-state index is -3.48. The summed E-state index contributed by atoms with van der Waals surface area (Å²) in [6.45, 7) is 1.90. The molecule has 0 aromatic carbocycles. The van der Waals surface area contributed by atoms with Crippen molar-refractivity contribution in [1.29, 1.82) is 0 Å². The van der Waals surface area contributed by atoms with E-state index in [2.05, 4.69) is 4.98 Å². The number of carbonyl (C=O) groups is 1. The van der Waals surface area contributed by atoms with E-state index in [1.807, 2.05) is 0 Å². The Morgan fingerprint density at radius 3 is 2.67 bits per heavy atom. The van der Waals surface area contributed by atoms with Crippen LogP contribution in [0.1, 0.15) is 5.69 Å². The molecular weight excluding hydrogens is 294 g/mol. The molecule has 0 bridgehead atoms. The predicted molar refractivity (Wildman–Crippen MR) is 76.9 cm³/mol. The van der Waals surface area contributed by atoms with E-state index in [0.29, 0.717) is 32.0 Å². The van der Waals surface area contributed by atoms with E-state index in [1.165, 1.54) is 0 Å². The van der Waals surface area contributed by atoms with Gasteiger partial charge in [0.25, 0.3) is 0 Å². The fourth-order valence-corrected chi connectivity index (χ4v) is 2.74. The number of hydrogen-bond donors (Lipinski definition) is 0. The molecule has 1 saturated heterocycles. The number of ether oxygens (including phenoxy) is 1. The number of morpholine rings is 1. The third-order valence-corrected chi connectivity index (χ3v) is 4.41. The molecule has 0 spiro atoms. The molecule has 0 aliphatic carbocycles. The lowest BCUT2D eigenvalue weighted by atomic mass is 10.3. The number of hydrogen-bond acceptors (Lipinski definition) is 5. The molecule has 21 heavy (non-hydrogen) atoms. The summed E-state index contributed by atoms with van der Waals surface area (Å²) in [7, 11) is -3.48. The minimum Gasteiger partial charge on any atom is -0.378 e. The number of sulfonamides is 1. The van der Waals surface area contributed by atoms with Crippen LogP contribution < -0.4 is 0 Å². The van der Waals surface area contributed by atoms with E-state index >= 15 is 0 Å². The van der Waals surface area contributed by atoms with Gasteiger partial charge in [-0.3, -0.25) is 9.78 Å². The minimum absolute atomic E-state index is 0.0930. The van der Waals surface area contributed by atoms with Crippen molar-refractivity contribution in [1.82, 2.24) is 14.2 Å². The molecule has 1 aromatic heterocycles. The summed E-state index contributed by atoms with van der Waals surface area (Å²) in [5.74, 6) is -0.209. The molecule has 7 nitrogen and oxygen atoms in total. The van der Waals surface area contributed by atoms with Gasteiger partial charge in [0, 0.05) is 19.3 Å². The number of amides is 1. The Kier molecular flexibility index (Phi) is 5.27. The van der Waals surface area contributed by atoms with Crippen LogP contribution in [0.25, 0.3) is 0 Å². The summed E-state index contributed by atoms with van der Waals surface area (Å²) < 4.78 is 30.0. The first kappa shape index (κ1) is 15.9. The number of rotatable bonds is 5. The van der Waals surface area contributed by atoms with Crippen LogP contribution in [-0.4, -0.2) is 67.6 Å². The molecule has 1 fully saturated rings. The highest BCUT2D eigenvalue weighted by atomic mass is 32.2. The second-order valence-electron chi connectivity index (χ2n) is 4.85. The fourth-order valence-electron chi connectivity index (χ4n) is 2.03. The van der Waals surface area contributed by atoms with E-state index in [-0.39, 0.29) is 19.0 Å². The van der Waals surface area contributed by atoms with E-state index in [4.69, 9.17) is 4.74 Å². The van der Waals surface area contributed by atoms with Crippen molar-refractivity contribution in [2.45, 2.75) is 6.54 Å². The van der Waals surface area contributed by atoms with Gasteiger partial charge in [0.05, 0.1) is 38.3 Å². The van der Waals surface area contributed by atoms with Crippen molar-refractivity contribution in [2.24, 2.45) is 0 Å². The van der Waals surface area contributed by atoms with Crippen LogP contribution in [0.3, 0.4) is 0 Å². The molecule has 116 valence electrons.